The first kappa shape index (κ1) is 43.4. The Balaban J connectivity index is 1.51. The third kappa shape index (κ3) is 13.1. The summed E-state index contributed by atoms with van der Waals surface area (Å²) in [7, 11) is -3.87. The van der Waals surface area contributed by atoms with E-state index in [9.17, 15) is 42.8 Å². The van der Waals surface area contributed by atoms with Crippen molar-refractivity contribution in [3.8, 4) is 0 Å². The Hall–Kier alpha value is -4.37. The van der Waals surface area contributed by atoms with E-state index in [-0.39, 0.29) is 59.9 Å². The summed E-state index contributed by atoms with van der Waals surface area (Å²) in [5, 5.41) is 34.0. The molecule has 0 saturated heterocycles. The second-order valence-electron chi connectivity index (χ2n) is 16.0. The maximum absolute atomic E-state index is 14.1. The number of fused-ring (bicyclic) bond motifs is 1. The summed E-state index contributed by atoms with van der Waals surface area (Å²) in [4.78, 5) is 64.7. The molecule has 302 valence electrons. The van der Waals surface area contributed by atoms with Crippen LogP contribution in [0.2, 0.25) is 0 Å². The fourth-order valence-corrected chi connectivity index (χ4v) is 9.37. The molecule has 2 aromatic carbocycles. The normalized spacial score (nSPS) is 18.8. The predicted octanol–water partition coefficient (Wildman–Crippen LogP) is 4.09. The molecule has 1 fully saturated rings. The molecule has 1 aliphatic heterocycles. The lowest BCUT2D eigenvalue weighted by atomic mass is 9.83. The van der Waals surface area contributed by atoms with Gasteiger partial charge in [0.2, 0.25) is 23.6 Å². The molecular formula is C40H57N5O9S. The molecule has 0 aromatic heterocycles. The number of nitro benzene ring substituents is 1. The van der Waals surface area contributed by atoms with Gasteiger partial charge in [-0.15, -0.1) is 0 Å². The van der Waals surface area contributed by atoms with Crippen molar-refractivity contribution < 1.29 is 37.6 Å². The molecule has 5 atom stereocenters. The Morgan fingerprint density at radius 3 is 2.18 bits per heavy atom. The number of nitrogens with zero attached hydrogens (tertiary/aromatic N) is 1. The van der Waals surface area contributed by atoms with E-state index in [0.717, 1.165) is 43.7 Å². The van der Waals surface area contributed by atoms with Crippen molar-refractivity contribution in [2.24, 2.45) is 17.8 Å². The molecule has 5 N–H and O–H groups in total. The van der Waals surface area contributed by atoms with Crippen LogP contribution in [0.4, 0.5) is 5.69 Å². The summed E-state index contributed by atoms with van der Waals surface area (Å²) in [6.07, 6.45) is 4.39. The number of rotatable bonds is 19. The van der Waals surface area contributed by atoms with Gasteiger partial charge in [0.05, 0.1) is 34.1 Å². The third-order valence-electron chi connectivity index (χ3n) is 10.3. The Morgan fingerprint density at radius 2 is 1.55 bits per heavy atom. The second kappa shape index (κ2) is 20.0. The first-order valence-electron chi connectivity index (χ1n) is 19.4. The molecular weight excluding hydrogens is 727 g/mol. The van der Waals surface area contributed by atoms with Crippen LogP contribution in [0.1, 0.15) is 103 Å². The number of nitro groups is 1. The summed E-state index contributed by atoms with van der Waals surface area (Å²) < 4.78 is 25.8. The van der Waals surface area contributed by atoms with Gasteiger partial charge in [-0.05, 0) is 41.7 Å². The van der Waals surface area contributed by atoms with E-state index < -0.39 is 68.4 Å². The van der Waals surface area contributed by atoms with Gasteiger partial charge in [0.25, 0.3) is 5.69 Å². The lowest BCUT2D eigenvalue weighted by Gasteiger charge is -2.32. The zero-order chi connectivity index (χ0) is 40.3. The first-order chi connectivity index (χ1) is 26.0. The van der Waals surface area contributed by atoms with Crippen LogP contribution >= 0.6 is 0 Å². The van der Waals surface area contributed by atoms with Gasteiger partial charge in [0.15, 0.2) is 9.84 Å². The molecule has 2 aliphatic rings. The van der Waals surface area contributed by atoms with Crippen LogP contribution in [0.3, 0.4) is 0 Å². The predicted molar refractivity (Wildman–Crippen MR) is 208 cm³/mol. The summed E-state index contributed by atoms with van der Waals surface area (Å²) >= 11 is 0. The third-order valence-corrected chi connectivity index (χ3v) is 12.2. The number of aliphatic hydroxyl groups excluding tert-OH is 1. The van der Waals surface area contributed by atoms with Crippen molar-refractivity contribution in [3.63, 3.8) is 0 Å². The zero-order valence-corrected chi connectivity index (χ0v) is 33.1. The van der Waals surface area contributed by atoms with Crippen molar-refractivity contribution in [3.05, 3.63) is 69.8 Å². The number of carbonyl (C=O) groups is 4. The first-order valence-corrected chi connectivity index (χ1v) is 21.1. The molecule has 0 bridgehead atoms. The molecule has 1 saturated carbocycles. The summed E-state index contributed by atoms with van der Waals surface area (Å²) in [5.74, 6) is -2.74. The number of benzene rings is 2. The highest BCUT2D eigenvalue weighted by Crippen LogP contribution is 2.39. The Kier molecular flexibility index (Phi) is 15.8. The molecule has 1 unspecified atom stereocenters. The highest BCUT2D eigenvalue weighted by atomic mass is 32.2. The lowest BCUT2D eigenvalue weighted by molar-refractivity contribution is -0.385. The fourth-order valence-electron chi connectivity index (χ4n) is 7.47. The lowest BCUT2D eigenvalue weighted by Crippen LogP contribution is -2.57. The largest absolute Gasteiger partial charge is 0.390 e. The van der Waals surface area contributed by atoms with Crippen LogP contribution in [-0.2, 0) is 35.4 Å². The number of hydrogen-bond donors (Lipinski definition) is 5. The van der Waals surface area contributed by atoms with Crippen molar-refractivity contribution in [2.45, 2.75) is 127 Å². The SMILES string of the molecule is CC(C)CNC(=O)C[C@H](O)[C@H](CC1CCCCC1)NC(=O)[C@H](CC(C)C)NC(=O)[C@H](Cc1ccccc1)NC(=O)CC1CS(=O)(=O)c2cc([N+](=O)[O-])ccc21. The van der Waals surface area contributed by atoms with Gasteiger partial charge in [-0.25, -0.2) is 8.42 Å². The summed E-state index contributed by atoms with van der Waals surface area (Å²) in [6.45, 7) is 8.23. The maximum Gasteiger partial charge on any atom is 0.270 e. The number of hydrogen-bond acceptors (Lipinski definition) is 9. The van der Waals surface area contributed by atoms with Crippen molar-refractivity contribution >= 4 is 39.2 Å². The van der Waals surface area contributed by atoms with Gasteiger partial charge in [0, 0.05) is 37.4 Å². The Morgan fingerprint density at radius 1 is 0.873 bits per heavy atom. The minimum absolute atomic E-state index is 0.0260. The van der Waals surface area contributed by atoms with Gasteiger partial charge in [-0.2, -0.15) is 0 Å². The number of sulfone groups is 1. The van der Waals surface area contributed by atoms with E-state index in [0.29, 0.717) is 18.5 Å². The molecule has 1 aliphatic carbocycles. The van der Waals surface area contributed by atoms with Crippen LogP contribution in [0.15, 0.2) is 53.4 Å². The zero-order valence-electron chi connectivity index (χ0n) is 32.3. The van der Waals surface area contributed by atoms with Gasteiger partial charge in [0.1, 0.15) is 12.1 Å². The molecule has 15 heteroatoms. The van der Waals surface area contributed by atoms with E-state index in [4.69, 9.17) is 0 Å². The standard InChI is InChI=1S/C40H57N5O9S/c1-25(2)17-33(39(49)43-32(18-27-11-7-5-8-12-27)35(46)22-37(47)41-23-26(3)4)44-40(50)34(19-28-13-9-6-10-14-28)42-38(48)20-29-24-55(53,54)36-21-30(45(51)52)15-16-31(29)36/h6,9-10,13-16,21,25-27,29,32-35,46H,5,7-8,11-12,17-20,22-24H2,1-4H3,(H,41,47)(H,42,48)(H,43,49)(H,44,50)/t29?,32-,33-,34-,35-/m0/s1. The van der Waals surface area contributed by atoms with Crippen LogP contribution in [0.25, 0.3) is 0 Å². The highest BCUT2D eigenvalue weighted by molar-refractivity contribution is 7.91. The molecule has 2 aromatic rings. The molecule has 4 rings (SSSR count). The minimum Gasteiger partial charge on any atom is -0.390 e. The number of amides is 4. The Bertz CT molecular complexity index is 1760. The highest BCUT2D eigenvalue weighted by Gasteiger charge is 2.38. The molecule has 0 spiro atoms. The average molecular weight is 784 g/mol. The molecule has 4 amide bonds. The molecule has 55 heavy (non-hydrogen) atoms. The van der Waals surface area contributed by atoms with Crippen molar-refractivity contribution in [1.29, 1.82) is 0 Å². The second-order valence-corrected chi connectivity index (χ2v) is 18.0. The number of aliphatic hydroxyl groups is 1. The minimum atomic E-state index is -3.87. The number of nitrogens with one attached hydrogen (secondary N) is 4. The van der Waals surface area contributed by atoms with Gasteiger partial charge in [-0.3, -0.25) is 29.3 Å². The smallest absolute Gasteiger partial charge is 0.270 e. The van der Waals surface area contributed by atoms with Gasteiger partial charge >= 0.3 is 0 Å². The van der Waals surface area contributed by atoms with Crippen LogP contribution in [0, 0.1) is 27.9 Å². The fraction of sp³-hybridized carbons (Fsp3) is 0.600. The van der Waals surface area contributed by atoms with E-state index >= 15 is 0 Å². The quantitative estimate of drug-likeness (QED) is 0.102. The summed E-state index contributed by atoms with van der Waals surface area (Å²) in [5.41, 5.74) is 0.676. The summed E-state index contributed by atoms with van der Waals surface area (Å²) in [6, 6.07) is 9.68. The topological polar surface area (TPSA) is 214 Å². The van der Waals surface area contributed by atoms with Crippen molar-refractivity contribution in [2.75, 3.05) is 12.3 Å². The maximum atomic E-state index is 14.1. The van der Waals surface area contributed by atoms with E-state index in [1.54, 1.807) is 24.3 Å². The molecule has 1 heterocycles. The monoisotopic (exact) mass is 783 g/mol. The number of non-ortho nitro benzene ring substituents is 1. The van der Waals surface area contributed by atoms with Crippen LogP contribution in [0.5, 0.6) is 0 Å². The average Bonchev–Trinajstić information content (AvgIpc) is 3.38. The van der Waals surface area contributed by atoms with E-state index in [1.165, 1.54) is 12.1 Å². The molecule has 0 radical (unpaired) electrons. The van der Waals surface area contributed by atoms with Crippen molar-refractivity contribution in [1.82, 2.24) is 21.3 Å². The van der Waals surface area contributed by atoms with E-state index in [1.807, 2.05) is 33.8 Å². The van der Waals surface area contributed by atoms with Crippen LogP contribution < -0.4 is 21.3 Å². The molecule has 14 nitrogen and oxygen atoms in total. The van der Waals surface area contributed by atoms with Gasteiger partial charge in [-0.1, -0.05) is 96.2 Å². The number of carbonyl (C=O) groups excluding carboxylic acids is 4. The Labute approximate surface area is 324 Å². The van der Waals surface area contributed by atoms with Gasteiger partial charge < -0.3 is 26.4 Å². The van der Waals surface area contributed by atoms with Crippen LogP contribution in [-0.4, -0.2) is 78.6 Å². The van der Waals surface area contributed by atoms with E-state index in [2.05, 4.69) is 21.3 Å².